The Hall–Kier alpha value is -4.51. The summed E-state index contributed by atoms with van der Waals surface area (Å²) in [5, 5.41) is 17.9. The van der Waals surface area contributed by atoms with Gasteiger partial charge in [0.15, 0.2) is 5.11 Å². The van der Waals surface area contributed by atoms with E-state index in [-0.39, 0.29) is 16.4 Å². The van der Waals surface area contributed by atoms with Gasteiger partial charge in [-0.15, -0.1) is 0 Å². The molecule has 0 unspecified atom stereocenters. The Morgan fingerprint density at radius 1 is 1.12 bits per heavy atom. The number of nitro groups is 1. The lowest BCUT2D eigenvalue weighted by molar-refractivity contribution is -0.384. The van der Waals surface area contributed by atoms with Crippen molar-refractivity contribution in [3.8, 4) is 17.0 Å². The molecule has 0 fully saturated rings. The molecule has 172 valence electrons. The number of benzene rings is 2. The van der Waals surface area contributed by atoms with Crippen LogP contribution in [0, 0.1) is 17.0 Å². The van der Waals surface area contributed by atoms with Crippen LogP contribution in [-0.2, 0) is 7.05 Å². The lowest BCUT2D eigenvalue weighted by Gasteiger charge is -2.07. The Bertz CT molecular complexity index is 1430. The average Bonchev–Trinajstić information content (AvgIpc) is 3.39. The summed E-state index contributed by atoms with van der Waals surface area (Å²) in [6.45, 7) is 1.82. The molecule has 4 aromatic rings. The van der Waals surface area contributed by atoms with Crippen LogP contribution in [0.2, 0.25) is 0 Å². The van der Waals surface area contributed by atoms with Gasteiger partial charge in [0.25, 0.3) is 11.2 Å². The number of thiocarbonyl (C=S) groups is 1. The van der Waals surface area contributed by atoms with E-state index in [0.717, 1.165) is 5.69 Å². The van der Waals surface area contributed by atoms with Crippen molar-refractivity contribution < 1.29 is 9.34 Å². The highest BCUT2D eigenvalue weighted by atomic mass is 32.1. The van der Waals surface area contributed by atoms with Crippen molar-refractivity contribution >= 4 is 34.9 Å². The van der Waals surface area contributed by atoms with Gasteiger partial charge in [-0.1, -0.05) is 18.2 Å². The minimum atomic E-state index is -0.458. The van der Waals surface area contributed by atoms with Crippen LogP contribution < -0.4 is 16.3 Å². The molecule has 2 aromatic heterocycles. The summed E-state index contributed by atoms with van der Waals surface area (Å²) >= 11 is 5.28. The molecular weight excluding hydrogens is 456 g/mol. The molecule has 0 bridgehead atoms. The van der Waals surface area contributed by atoms with Gasteiger partial charge in [-0.3, -0.25) is 25.0 Å². The van der Waals surface area contributed by atoms with Gasteiger partial charge in [-0.05, 0) is 55.5 Å². The maximum atomic E-state index is 12.9. The number of rotatable bonds is 6. The second-order valence-electron chi connectivity index (χ2n) is 7.27. The van der Waals surface area contributed by atoms with Gasteiger partial charge in [-0.25, -0.2) is 4.68 Å². The SMILES string of the molecule is Cc1c(NC(=S)NN=Cc2ccc(-c3ccc([N+](=O)[O-])cc3)o2)c(=O)n(-c2ccccc2)n1C. The molecule has 0 amide bonds. The number of aromatic nitrogens is 2. The molecule has 0 atom stereocenters. The fraction of sp³-hybridized carbons (Fsp3) is 0.0870. The van der Waals surface area contributed by atoms with Crippen LogP contribution in [0.4, 0.5) is 11.4 Å². The Morgan fingerprint density at radius 2 is 1.82 bits per heavy atom. The smallest absolute Gasteiger partial charge is 0.295 e. The summed E-state index contributed by atoms with van der Waals surface area (Å²) in [4.78, 5) is 23.3. The van der Waals surface area contributed by atoms with Crippen LogP contribution in [0.3, 0.4) is 0 Å². The molecule has 0 aliphatic heterocycles. The number of hydrogen-bond acceptors (Lipinski definition) is 6. The minimum absolute atomic E-state index is 0.00600. The van der Waals surface area contributed by atoms with Crippen LogP contribution in [0.15, 0.2) is 81.0 Å². The first-order chi connectivity index (χ1) is 16.3. The zero-order valence-corrected chi connectivity index (χ0v) is 19.1. The molecule has 2 heterocycles. The fourth-order valence-electron chi connectivity index (χ4n) is 3.33. The van der Waals surface area contributed by atoms with E-state index in [4.69, 9.17) is 16.6 Å². The maximum Gasteiger partial charge on any atom is 0.295 e. The molecule has 0 saturated carbocycles. The Balaban J connectivity index is 1.42. The number of nitro benzene ring substituents is 1. The lowest BCUT2D eigenvalue weighted by Crippen LogP contribution is -2.28. The van der Waals surface area contributed by atoms with E-state index >= 15 is 0 Å². The van der Waals surface area contributed by atoms with Gasteiger partial charge >= 0.3 is 0 Å². The van der Waals surface area contributed by atoms with E-state index in [9.17, 15) is 14.9 Å². The number of para-hydroxylation sites is 1. The van der Waals surface area contributed by atoms with Crippen molar-refractivity contribution in [2.24, 2.45) is 12.1 Å². The summed E-state index contributed by atoms with van der Waals surface area (Å²) in [5.41, 5.74) is 4.93. The standard InChI is InChI=1S/C23H20N6O4S/c1-15-21(22(30)28(27(15)2)17-6-4-3-5-7-17)25-23(34)26-24-14-19-12-13-20(33-19)16-8-10-18(11-9-16)29(31)32/h3-14H,1-2H3,(H2,25,26,34). The van der Waals surface area contributed by atoms with E-state index in [1.54, 1.807) is 40.7 Å². The highest BCUT2D eigenvalue weighted by molar-refractivity contribution is 7.80. The molecule has 4 rings (SSSR count). The summed E-state index contributed by atoms with van der Waals surface area (Å²) in [5.74, 6) is 0.990. The average molecular weight is 477 g/mol. The fourth-order valence-corrected chi connectivity index (χ4v) is 3.49. The number of furan rings is 1. The van der Waals surface area contributed by atoms with E-state index in [1.807, 2.05) is 37.3 Å². The van der Waals surface area contributed by atoms with E-state index < -0.39 is 4.92 Å². The highest BCUT2D eigenvalue weighted by Crippen LogP contribution is 2.24. The normalized spacial score (nSPS) is 11.0. The van der Waals surface area contributed by atoms with Crippen molar-refractivity contribution in [1.82, 2.24) is 14.8 Å². The number of nitrogens with one attached hydrogen (secondary N) is 2. The summed E-state index contributed by atoms with van der Waals surface area (Å²) in [7, 11) is 1.79. The predicted molar refractivity (Wildman–Crippen MR) is 133 cm³/mol. The number of hydrazone groups is 1. The molecule has 34 heavy (non-hydrogen) atoms. The molecule has 11 heteroatoms. The van der Waals surface area contributed by atoms with Gasteiger partial charge in [0.1, 0.15) is 17.2 Å². The highest BCUT2D eigenvalue weighted by Gasteiger charge is 2.16. The van der Waals surface area contributed by atoms with Crippen LogP contribution >= 0.6 is 12.2 Å². The molecule has 10 nitrogen and oxygen atoms in total. The first kappa shape index (κ1) is 22.7. The third-order valence-electron chi connectivity index (χ3n) is 5.14. The quantitative estimate of drug-likeness (QED) is 0.187. The first-order valence-electron chi connectivity index (χ1n) is 10.1. The van der Waals surface area contributed by atoms with Gasteiger partial charge in [0, 0.05) is 24.7 Å². The largest absolute Gasteiger partial charge is 0.455 e. The van der Waals surface area contributed by atoms with Gasteiger partial charge < -0.3 is 9.73 Å². The number of nitrogens with zero attached hydrogens (tertiary/aromatic N) is 4. The third kappa shape index (κ3) is 4.64. The van der Waals surface area contributed by atoms with Crippen LogP contribution in [0.5, 0.6) is 0 Å². The summed E-state index contributed by atoms with van der Waals surface area (Å²) < 4.78 is 8.99. The Morgan fingerprint density at radius 3 is 2.50 bits per heavy atom. The van der Waals surface area contributed by atoms with E-state index in [1.165, 1.54) is 18.3 Å². The molecule has 2 N–H and O–H groups in total. The van der Waals surface area contributed by atoms with E-state index in [0.29, 0.717) is 28.5 Å². The maximum absolute atomic E-state index is 12.9. The number of hydrogen-bond donors (Lipinski definition) is 2. The van der Waals surface area contributed by atoms with Gasteiger partial charge in [0.05, 0.1) is 22.5 Å². The Kier molecular flexibility index (Phi) is 6.37. The second kappa shape index (κ2) is 9.55. The molecule has 0 aliphatic carbocycles. The second-order valence-corrected chi connectivity index (χ2v) is 7.67. The van der Waals surface area contributed by atoms with Crippen molar-refractivity contribution in [3.05, 3.63) is 98.7 Å². The molecule has 2 aromatic carbocycles. The van der Waals surface area contributed by atoms with Crippen LogP contribution in [-0.4, -0.2) is 25.6 Å². The minimum Gasteiger partial charge on any atom is -0.455 e. The van der Waals surface area contributed by atoms with Crippen LogP contribution in [0.1, 0.15) is 11.5 Å². The van der Waals surface area contributed by atoms with Crippen molar-refractivity contribution in [3.63, 3.8) is 0 Å². The zero-order chi connectivity index (χ0) is 24.2. The third-order valence-corrected chi connectivity index (χ3v) is 5.33. The van der Waals surface area contributed by atoms with Crippen molar-refractivity contribution in [2.75, 3.05) is 5.32 Å². The molecule has 0 saturated heterocycles. The zero-order valence-electron chi connectivity index (χ0n) is 18.3. The predicted octanol–water partition coefficient (Wildman–Crippen LogP) is 3.97. The monoisotopic (exact) mass is 476 g/mol. The van der Waals surface area contributed by atoms with Crippen LogP contribution in [0.25, 0.3) is 17.0 Å². The number of non-ortho nitro benzene ring substituents is 1. The number of anilines is 1. The topological polar surface area (TPSA) is 120 Å². The summed E-state index contributed by atoms with van der Waals surface area (Å²) in [6, 6.07) is 18.8. The molecule has 0 radical (unpaired) electrons. The molecule has 0 aliphatic rings. The van der Waals surface area contributed by atoms with E-state index in [2.05, 4.69) is 15.8 Å². The Labute approximate surface area is 199 Å². The summed E-state index contributed by atoms with van der Waals surface area (Å²) in [6.07, 6.45) is 1.43. The van der Waals surface area contributed by atoms with Crippen molar-refractivity contribution in [2.45, 2.75) is 6.92 Å². The first-order valence-corrected chi connectivity index (χ1v) is 10.5. The lowest BCUT2D eigenvalue weighted by atomic mass is 10.1. The van der Waals surface area contributed by atoms with Crippen molar-refractivity contribution in [1.29, 1.82) is 0 Å². The van der Waals surface area contributed by atoms with Gasteiger partial charge in [-0.2, -0.15) is 5.10 Å². The van der Waals surface area contributed by atoms with Gasteiger partial charge in [0.2, 0.25) is 0 Å². The molecule has 0 spiro atoms. The molecular formula is C23H20N6O4S.